The van der Waals surface area contributed by atoms with Crippen LogP contribution in [0.2, 0.25) is 0 Å². The molecule has 0 aliphatic carbocycles. The number of nitrogens with one attached hydrogen (secondary N) is 1. The Labute approximate surface area is 127 Å². The summed E-state index contributed by atoms with van der Waals surface area (Å²) in [5.41, 5.74) is 0. The molecule has 1 N–H and O–H groups in total. The van der Waals surface area contributed by atoms with E-state index in [2.05, 4.69) is 19.2 Å². The average molecular weight is 299 g/mol. The van der Waals surface area contributed by atoms with Crippen molar-refractivity contribution in [2.24, 2.45) is 5.92 Å². The summed E-state index contributed by atoms with van der Waals surface area (Å²) >= 11 is 0. The van der Waals surface area contributed by atoms with Crippen molar-refractivity contribution < 1.29 is 18.6 Å². The highest BCUT2D eigenvalue weighted by Gasteiger charge is 2.02. The molecule has 0 amide bonds. The molecule has 1 rings (SSSR count). The Balaban J connectivity index is 2.01. The molecule has 0 bridgehead atoms. The van der Waals surface area contributed by atoms with Gasteiger partial charge in [0, 0.05) is 20.3 Å². The molecular formula is C16H29NO4. The number of furan rings is 1. The Hall–Kier alpha value is -0.880. The fraction of sp³-hybridized carbons (Fsp3) is 0.750. The van der Waals surface area contributed by atoms with Crippen molar-refractivity contribution in [1.29, 1.82) is 0 Å². The first-order valence-electron chi connectivity index (χ1n) is 7.65. The van der Waals surface area contributed by atoms with Gasteiger partial charge in [-0.05, 0) is 31.0 Å². The minimum Gasteiger partial charge on any atom is -0.462 e. The molecule has 5 nitrogen and oxygen atoms in total. The summed E-state index contributed by atoms with van der Waals surface area (Å²) < 4.78 is 21.5. The highest BCUT2D eigenvalue weighted by atomic mass is 16.5. The summed E-state index contributed by atoms with van der Waals surface area (Å²) in [5.74, 6) is 2.45. The molecule has 1 heterocycles. The van der Waals surface area contributed by atoms with Gasteiger partial charge in [-0.2, -0.15) is 0 Å². The smallest absolute Gasteiger partial charge is 0.129 e. The summed E-state index contributed by atoms with van der Waals surface area (Å²) in [4.78, 5) is 0. The van der Waals surface area contributed by atoms with Crippen LogP contribution in [0.15, 0.2) is 16.5 Å². The molecule has 0 aliphatic heterocycles. The zero-order chi connectivity index (χ0) is 15.3. The molecule has 0 aromatic carbocycles. The molecule has 0 unspecified atom stereocenters. The van der Waals surface area contributed by atoms with Crippen molar-refractivity contribution in [1.82, 2.24) is 5.32 Å². The number of rotatable bonds is 13. The van der Waals surface area contributed by atoms with Gasteiger partial charge in [0.1, 0.15) is 18.1 Å². The number of methoxy groups -OCH3 is 1. The highest BCUT2D eigenvalue weighted by Crippen LogP contribution is 2.09. The van der Waals surface area contributed by atoms with Crippen LogP contribution >= 0.6 is 0 Å². The van der Waals surface area contributed by atoms with Gasteiger partial charge in [-0.1, -0.05) is 13.8 Å². The van der Waals surface area contributed by atoms with Gasteiger partial charge in [0.05, 0.1) is 19.8 Å². The second kappa shape index (κ2) is 11.7. The highest BCUT2D eigenvalue weighted by molar-refractivity contribution is 5.06. The third kappa shape index (κ3) is 9.63. The van der Waals surface area contributed by atoms with Gasteiger partial charge in [0.25, 0.3) is 0 Å². The van der Waals surface area contributed by atoms with Gasteiger partial charge in [-0.15, -0.1) is 0 Å². The van der Waals surface area contributed by atoms with Crippen LogP contribution in [0.3, 0.4) is 0 Å². The van der Waals surface area contributed by atoms with Crippen LogP contribution in [0.4, 0.5) is 0 Å². The Morgan fingerprint density at radius 1 is 1.05 bits per heavy atom. The molecule has 1 aromatic heterocycles. The van der Waals surface area contributed by atoms with Crippen molar-refractivity contribution in [3.8, 4) is 0 Å². The minimum absolute atomic E-state index is 0.492. The van der Waals surface area contributed by atoms with Gasteiger partial charge in [0.15, 0.2) is 0 Å². The van der Waals surface area contributed by atoms with E-state index in [0.29, 0.717) is 32.3 Å². The predicted molar refractivity (Wildman–Crippen MR) is 82.2 cm³/mol. The predicted octanol–water partition coefficient (Wildman–Crippen LogP) is 2.59. The molecule has 0 fully saturated rings. The Morgan fingerprint density at radius 3 is 2.57 bits per heavy atom. The fourth-order valence-electron chi connectivity index (χ4n) is 1.78. The van der Waals surface area contributed by atoms with E-state index < -0.39 is 0 Å². The van der Waals surface area contributed by atoms with Gasteiger partial charge in [-0.25, -0.2) is 0 Å². The summed E-state index contributed by atoms with van der Waals surface area (Å²) in [7, 11) is 1.69. The van der Waals surface area contributed by atoms with Gasteiger partial charge in [0.2, 0.25) is 0 Å². The second-order valence-corrected chi connectivity index (χ2v) is 5.40. The van der Waals surface area contributed by atoms with Crippen LogP contribution in [-0.4, -0.2) is 40.1 Å². The Bertz CT molecular complexity index is 352. The molecule has 1 aromatic rings. The molecule has 0 radical (unpaired) electrons. The van der Waals surface area contributed by atoms with Gasteiger partial charge < -0.3 is 23.9 Å². The topological polar surface area (TPSA) is 52.9 Å². The van der Waals surface area contributed by atoms with E-state index in [-0.39, 0.29) is 0 Å². The van der Waals surface area contributed by atoms with Gasteiger partial charge >= 0.3 is 0 Å². The quantitative estimate of drug-likeness (QED) is 0.567. The van der Waals surface area contributed by atoms with E-state index in [4.69, 9.17) is 18.6 Å². The first kappa shape index (κ1) is 18.2. The maximum atomic E-state index is 5.68. The van der Waals surface area contributed by atoms with Gasteiger partial charge in [-0.3, -0.25) is 0 Å². The fourth-order valence-corrected chi connectivity index (χ4v) is 1.78. The molecule has 5 heteroatoms. The van der Waals surface area contributed by atoms with E-state index in [1.165, 1.54) is 0 Å². The largest absolute Gasteiger partial charge is 0.462 e. The van der Waals surface area contributed by atoms with E-state index in [1.807, 2.05) is 12.1 Å². The molecule has 122 valence electrons. The van der Waals surface area contributed by atoms with E-state index in [0.717, 1.165) is 37.6 Å². The van der Waals surface area contributed by atoms with Crippen molar-refractivity contribution >= 4 is 0 Å². The van der Waals surface area contributed by atoms with Crippen LogP contribution in [0.5, 0.6) is 0 Å². The summed E-state index contributed by atoms with van der Waals surface area (Å²) in [6, 6.07) is 3.96. The molecule has 0 saturated heterocycles. The lowest BCUT2D eigenvalue weighted by Crippen LogP contribution is -2.18. The number of ether oxygens (including phenoxy) is 3. The molecule has 21 heavy (non-hydrogen) atoms. The molecule has 0 aliphatic rings. The lowest BCUT2D eigenvalue weighted by Gasteiger charge is -2.05. The van der Waals surface area contributed by atoms with E-state index >= 15 is 0 Å². The van der Waals surface area contributed by atoms with Crippen molar-refractivity contribution in [3.63, 3.8) is 0 Å². The normalized spacial score (nSPS) is 11.4. The summed E-state index contributed by atoms with van der Waals surface area (Å²) in [6.07, 6.45) is 0.918. The van der Waals surface area contributed by atoms with E-state index in [9.17, 15) is 0 Å². The van der Waals surface area contributed by atoms with Crippen LogP contribution in [0.1, 0.15) is 31.8 Å². The number of hydrogen-bond donors (Lipinski definition) is 1. The maximum Gasteiger partial charge on any atom is 0.129 e. The SMILES string of the molecule is COCCCOCCOCc1ccc(CNCC(C)C)o1. The Kier molecular flexibility index (Phi) is 10.2. The van der Waals surface area contributed by atoms with Crippen LogP contribution in [0, 0.1) is 5.92 Å². The second-order valence-electron chi connectivity index (χ2n) is 5.40. The Morgan fingerprint density at radius 2 is 1.81 bits per heavy atom. The average Bonchev–Trinajstić information content (AvgIpc) is 2.89. The summed E-state index contributed by atoms with van der Waals surface area (Å²) in [6.45, 7) is 9.25. The van der Waals surface area contributed by atoms with E-state index in [1.54, 1.807) is 7.11 Å². The van der Waals surface area contributed by atoms with Crippen LogP contribution in [0.25, 0.3) is 0 Å². The molecule has 0 atom stereocenters. The lowest BCUT2D eigenvalue weighted by atomic mass is 10.2. The molecular weight excluding hydrogens is 270 g/mol. The third-order valence-corrected chi connectivity index (χ3v) is 2.82. The molecule has 0 saturated carbocycles. The van der Waals surface area contributed by atoms with Crippen molar-refractivity contribution in [2.45, 2.75) is 33.4 Å². The van der Waals surface area contributed by atoms with Crippen LogP contribution in [-0.2, 0) is 27.4 Å². The van der Waals surface area contributed by atoms with Crippen molar-refractivity contribution in [3.05, 3.63) is 23.7 Å². The zero-order valence-corrected chi connectivity index (χ0v) is 13.5. The lowest BCUT2D eigenvalue weighted by molar-refractivity contribution is 0.0284. The maximum absolute atomic E-state index is 5.68. The van der Waals surface area contributed by atoms with Crippen molar-refractivity contribution in [2.75, 3.05) is 40.1 Å². The monoisotopic (exact) mass is 299 g/mol. The minimum atomic E-state index is 0.492. The third-order valence-electron chi connectivity index (χ3n) is 2.82. The molecule has 0 spiro atoms. The first-order valence-corrected chi connectivity index (χ1v) is 7.65. The summed E-state index contributed by atoms with van der Waals surface area (Å²) in [5, 5.41) is 3.35. The first-order chi connectivity index (χ1) is 10.2. The standard InChI is InChI=1S/C16H29NO4/c1-14(2)11-17-12-15-5-6-16(21-15)13-20-10-9-19-8-4-7-18-3/h5-6,14,17H,4,7-13H2,1-3H3. The van der Waals surface area contributed by atoms with Crippen LogP contribution < -0.4 is 5.32 Å². The number of hydrogen-bond acceptors (Lipinski definition) is 5. The zero-order valence-electron chi connectivity index (χ0n) is 13.5.